The van der Waals surface area contributed by atoms with Gasteiger partial charge in [-0.05, 0) is 6.42 Å². The molecule has 0 saturated carbocycles. The maximum absolute atomic E-state index is 11.2. The van der Waals surface area contributed by atoms with Crippen LogP contribution < -0.4 is 0 Å². The molecule has 0 aromatic rings. The molecule has 6 heteroatoms. The number of hydrogen-bond acceptors (Lipinski definition) is 4. The van der Waals surface area contributed by atoms with Gasteiger partial charge in [0.15, 0.2) is 0 Å². The van der Waals surface area contributed by atoms with E-state index in [1.54, 1.807) is 0 Å². The van der Waals surface area contributed by atoms with E-state index in [1.807, 2.05) is 0 Å². The van der Waals surface area contributed by atoms with Crippen LogP contribution in [0.15, 0.2) is 12.7 Å². The minimum atomic E-state index is -3.83. The van der Waals surface area contributed by atoms with Crippen molar-refractivity contribution < 1.29 is 16.8 Å². The summed E-state index contributed by atoms with van der Waals surface area (Å²) in [7, 11) is -3.83. The third-order valence-electron chi connectivity index (χ3n) is 3.06. The molecule has 0 aromatic heterocycles. The number of unbranched alkanes of at least 4 members (excludes halogenated alkanes) is 9. The summed E-state index contributed by atoms with van der Waals surface area (Å²) in [5.41, 5.74) is 0. The molecule has 0 rings (SSSR count). The Hall–Kier alpha value is 1.25. The molecule has 0 aliphatic rings. The van der Waals surface area contributed by atoms with E-state index in [2.05, 4.69) is 17.7 Å². The van der Waals surface area contributed by atoms with Crippen molar-refractivity contribution in [2.75, 3.05) is 13.2 Å². The maximum atomic E-state index is 11.2. The summed E-state index contributed by atoms with van der Waals surface area (Å²) in [6.45, 7) is 5.77. The fraction of sp³-hybridized carbons (Fsp3) is 0.867. The first-order chi connectivity index (χ1) is 9.62. The summed E-state index contributed by atoms with van der Waals surface area (Å²) in [4.78, 5) is 0. The van der Waals surface area contributed by atoms with E-state index in [1.165, 1.54) is 51.0 Å². The summed E-state index contributed by atoms with van der Waals surface area (Å²) >= 11 is 0. The van der Waals surface area contributed by atoms with Crippen molar-refractivity contribution in [3.8, 4) is 0 Å². The topological polar surface area (TPSA) is 52.6 Å². The molecular formula is C15H31KO4S. The van der Waals surface area contributed by atoms with Gasteiger partial charge in [0.25, 0.3) is 0 Å². The molecule has 0 aliphatic carbocycles. The minimum absolute atomic E-state index is 0. The van der Waals surface area contributed by atoms with Gasteiger partial charge in [-0.25, -0.2) is 8.37 Å². The molecule has 0 N–H and O–H groups in total. The molecule has 0 fully saturated rings. The zero-order valence-electron chi connectivity index (χ0n) is 12.8. The standard InChI is InChI=1S/C15H30O4S.K.H/c1-3-5-6-7-8-9-10-11-12-13-15-19-20(16,17)18-14-4-2;;/h4H,2-3,5-15H2,1H3;;. The van der Waals surface area contributed by atoms with Crippen LogP contribution in [-0.2, 0) is 18.8 Å². The summed E-state index contributed by atoms with van der Waals surface area (Å²) in [6.07, 6.45) is 13.4. The van der Waals surface area contributed by atoms with Gasteiger partial charge in [-0.1, -0.05) is 70.8 Å². The Labute approximate surface area is 173 Å². The van der Waals surface area contributed by atoms with E-state index in [0.29, 0.717) is 0 Å². The van der Waals surface area contributed by atoms with Crippen LogP contribution in [0.3, 0.4) is 0 Å². The first-order valence-electron chi connectivity index (χ1n) is 7.77. The van der Waals surface area contributed by atoms with E-state index < -0.39 is 10.4 Å². The Kier molecular flexibility index (Phi) is 20.5. The number of rotatable bonds is 15. The monoisotopic (exact) mass is 346 g/mol. The third-order valence-corrected chi connectivity index (χ3v) is 3.94. The predicted octanol–water partition coefficient (Wildman–Crippen LogP) is 3.72. The Balaban J connectivity index is 0. The van der Waals surface area contributed by atoms with E-state index in [0.717, 1.165) is 19.3 Å². The first-order valence-corrected chi connectivity index (χ1v) is 9.10. The Bertz CT molecular complexity index is 318. The van der Waals surface area contributed by atoms with Crippen molar-refractivity contribution in [3.05, 3.63) is 12.7 Å². The molecule has 0 saturated heterocycles. The molecule has 0 unspecified atom stereocenters. The molecule has 0 bridgehead atoms. The van der Waals surface area contributed by atoms with Crippen LogP contribution in [0, 0.1) is 0 Å². The summed E-state index contributed by atoms with van der Waals surface area (Å²) in [5, 5.41) is 0. The average molecular weight is 347 g/mol. The normalized spacial score (nSPS) is 11.1. The second kappa shape index (κ2) is 17.6. The van der Waals surface area contributed by atoms with Gasteiger partial charge in [-0.3, -0.25) is 0 Å². The second-order valence-corrected chi connectivity index (χ2v) is 6.27. The fourth-order valence-electron chi connectivity index (χ4n) is 1.92. The van der Waals surface area contributed by atoms with E-state index >= 15 is 0 Å². The van der Waals surface area contributed by atoms with Crippen molar-refractivity contribution in [3.63, 3.8) is 0 Å². The van der Waals surface area contributed by atoms with E-state index in [9.17, 15) is 8.42 Å². The van der Waals surface area contributed by atoms with E-state index in [-0.39, 0.29) is 64.6 Å². The van der Waals surface area contributed by atoms with Crippen LogP contribution in [0.1, 0.15) is 71.1 Å². The van der Waals surface area contributed by atoms with Crippen LogP contribution >= 0.6 is 0 Å². The van der Waals surface area contributed by atoms with Crippen LogP contribution in [0.2, 0.25) is 0 Å². The summed E-state index contributed by atoms with van der Waals surface area (Å²) < 4.78 is 31.5. The molecule has 0 amide bonds. The van der Waals surface area contributed by atoms with E-state index in [4.69, 9.17) is 4.18 Å². The van der Waals surface area contributed by atoms with Crippen LogP contribution in [-0.4, -0.2) is 73.0 Å². The van der Waals surface area contributed by atoms with Gasteiger partial charge in [-0.15, -0.1) is 6.58 Å². The fourth-order valence-corrected chi connectivity index (χ4v) is 2.57. The summed E-state index contributed by atoms with van der Waals surface area (Å²) in [6, 6.07) is 0. The average Bonchev–Trinajstić information content (AvgIpc) is 2.42. The van der Waals surface area contributed by atoms with Crippen LogP contribution in [0.25, 0.3) is 0 Å². The molecule has 122 valence electrons. The molecule has 21 heavy (non-hydrogen) atoms. The molecule has 0 atom stereocenters. The van der Waals surface area contributed by atoms with Gasteiger partial charge in [0, 0.05) is 0 Å². The first kappa shape index (κ1) is 24.5. The Morgan fingerprint density at radius 1 is 0.857 bits per heavy atom. The second-order valence-electron chi connectivity index (χ2n) is 4.99. The van der Waals surface area contributed by atoms with Crippen molar-refractivity contribution in [2.45, 2.75) is 71.1 Å². The SMILES string of the molecule is C=CCOS(=O)(=O)OCCCCCCCCCCCC.[KH]. The van der Waals surface area contributed by atoms with Gasteiger partial charge in [0.1, 0.15) is 0 Å². The zero-order chi connectivity index (χ0) is 15.1. The molecule has 4 nitrogen and oxygen atoms in total. The summed E-state index contributed by atoms with van der Waals surface area (Å²) in [5.74, 6) is 0. The third kappa shape index (κ3) is 19.2. The Morgan fingerprint density at radius 2 is 1.33 bits per heavy atom. The molecule has 0 spiro atoms. The quantitative estimate of drug-likeness (QED) is 0.258. The molecular weight excluding hydrogens is 315 g/mol. The molecule has 0 aromatic carbocycles. The predicted molar refractivity (Wildman–Crippen MR) is 90.0 cm³/mol. The van der Waals surface area contributed by atoms with Gasteiger partial charge in [-0.2, -0.15) is 8.42 Å². The van der Waals surface area contributed by atoms with Gasteiger partial charge in [0.2, 0.25) is 0 Å². The van der Waals surface area contributed by atoms with Crippen molar-refractivity contribution in [1.82, 2.24) is 0 Å². The van der Waals surface area contributed by atoms with Crippen molar-refractivity contribution in [1.29, 1.82) is 0 Å². The molecule has 0 radical (unpaired) electrons. The van der Waals surface area contributed by atoms with Gasteiger partial charge in [0.05, 0.1) is 13.2 Å². The van der Waals surface area contributed by atoms with Crippen molar-refractivity contribution >= 4 is 61.8 Å². The number of hydrogen-bond donors (Lipinski definition) is 0. The van der Waals surface area contributed by atoms with Crippen LogP contribution in [0.5, 0.6) is 0 Å². The Morgan fingerprint density at radius 3 is 1.81 bits per heavy atom. The van der Waals surface area contributed by atoms with Crippen LogP contribution in [0.4, 0.5) is 0 Å². The van der Waals surface area contributed by atoms with Gasteiger partial charge < -0.3 is 0 Å². The van der Waals surface area contributed by atoms with Crippen molar-refractivity contribution in [2.24, 2.45) is 0 Å². The van der Waals surface area contributed by atoms with Gasteiger partial charge >= 0.3 is 61.8 Å². The zero-order valence-corrected chi connectivity index (χ0v) is 13.6. The molecule has 0 aliphatic heterocycles. The molecule has 0 heterocycles.